The fourth-order valence-corrected chi connectivity index (χ4v) is 2.22. The summed E-state index contributed by atoms with van der Waals surface area (Å²) in [6.07, 6.45) is 3.08. The third kappa shape index (κ3) is 3.88. The molecule has 1 aromatic carbocycles. The van der Waals surface area contributed by atoms with Gasteiger partial charge in [-0.2, -0.15) is 0 Å². The van der Waals surface area contributed by atoms with Crippen LogP contribution in [0.4, 0.5) is 5.69 Å². The second-order valence-corrected chi connectivity index (χ2v) is 5.17. The van der Waals surface area contributed by atoms with Gasteiger partial charge in [0.05, 0.1) is 23.7 Å². The first-order valence-corrected chi connectivity index (χ1v) is 6.82. The number of morpholine rings is 1. The number of carbonyl (C=O) groups is 1. The second kappa shape index (κ2) is 6.49. The Morgan fingerprint density at radius 1 is 1.48 bits per heavy atom. The number of amides is 1. The number of benzene rings is 1. The Balaban J connectivity index is 2.08. The van der Waals surface area contributed by atoms with E-state index in [1.165, 1.54) is 18.2 Å². The lowest BCUT2D eigenvalue weighted by Crippen LogP contribution is -2.49. The predicted octanol–water partition coefficient (Wildman–Crippen LogP) is 2.24. The summed E-state index contributed by atoms with van der Waals surface area (Å²) in [5, 5.41) is 10.7. The van der Waals surface area contributed by atoms with E-state index in [2.05, 4.69) is 0 Å². The van der Waals surface area contributed by atoms with E-state index in [0.29, 0.717) is 18.7 Å². The minimum atomic E-state index is -0.453. The van der Waals surface area contributed by atoms with Gasteiger partial charge in [-0.3, -0.25) is 14.9 Å². The number of non-ortho nitro benzene ring substituents is 1. The molecule has 0 aliphatic carbocycles. The van der Waals surface area contributed by atoms with Crippen molar-refractivity contribution in [3.05, 3.63) is 46.0 Å². The van der Waals surface area contributed by atoms with Crippen LogP contribution in [0.2, 0.25) is 0 Å². The van der Waals surface area contributed by atoms with Crippen molar-refractivity contribution >= 4 is 17.7 Å². The summed E-state index contributed by atoms with van der Waals surface area (Å²) in [5.41, 5.74) is 0.643. The van der Waals surface area contributed by atoms with Crippen molar-refractivity contribution in [1.82, 2.24) is 4.90 Å². The lowest BCUT2D eigenvalue weighted by atomic mass is 10.1. The second-order valence-electron chi connectivity index (χ2n) is 5.17. The topological polar surface area (TPSA) is 72.7 Å². The molecule has 0 N–H and O–H groups in total. The van der Waals surface area contributed by atoms with Gasteiger partial charge in [0.2, 0.25) is 5.91 Å². The summed E-state index contributed by atoms with van der Waals surface area (Å²) in [6.45, 7) is 4.94. The zero-order chi connectivity index (χ0) is 15.4. The molecule has 1 saturated heterocycles. The van der Waals surface area contributed by atoms with Crippen LogP contribution in [0, 0.1) is 10.1 Å². The van der Waals surface area contributed by atoms with Gasteiger partial charge in [-0.15, -0.1) is 0 Å². The van der Waals surface area contributed by atoms with Gasteiger partial charge < -0.3 is 9.64 Å². The van der Waals surface area contributed by atoms with Crippen molar-refractivity contribution in [2.75, 3.05) is 13.2 Å². The van der Waals surface area contributed by atoms with Crippen molar-refractivity contribution in [1.29, 1.82) is 0 Å². The molecule has 0 aromatic heterocycles. The van der Waals surface area contributed by atoms with Gasteiger partial charge >= 0.3 is 0 Å². The smallest absolute Gasteiger partial charge is 0.270 e. The molecular weight excluding hydrogens is 272 g/mol. The zero-order valence-electron chi connectivity index (χ0n) is 12.1. The molecule has 1 aliphatic heterocycles. The lowest BCUT2D eigenvalue weighted by Gasteiger charge is -2.36. The monoisotopic (exact) mass is 290 g/mol. The first-order chi connectivity index (χ1) is 9.97. The molecular formula is C15H18N2O4. The van der Waals surface area contributed by atoms with Crippen molar-refractivity contribution in [2.45, 2.75) is 26.0 Å². The van der Waals surface area contributed by atoms with Crippen molar-refractivity contribution in [3.8, 4) is 0 Å². The number of ether oxygens (including phenoxy) is 1. The first-order valence-electron chi connectivity index (χ1n) is 6.82. The third-order valence-corrected chi connectivity index (χ3v) is 3.39. The molecule has 1 amide bonds. The molecule has 112 valence electrons. The molecule has 1 aromatic rings. The van der Waals surface area contributed by atoms with Gasteiger partial charge in [-0.05, 0) is 25.5 Å². The van der Waals surface area contributed by atoms with Crippen molar-refractivity contribution in [2.24, 2.45) is 0 Å². The number of hydrogen-bond acceptors (Lipinski definition) is 4. The Morgan fingerprint density at radius 3 is 2.95 bits per heavy atom. The van der Waals surface area contributed by atoms with E-state index in [-0.39, 0.29) is 23.7 Å². The Labute approximate surface area is 123 Å². The van der Waals surface area contributed by atoms with E-state index in [4.69, 9.17) is 4.74 Å². The molecule has 0 saturated carbocycles. The minimum absolute atomic E-state index is 0.0120. The van der Waals surface area contributed by atoms with Crippen LogP contribution < -0.4 is 0 Å². The Kier molecular flexibility index (Phi) is 4.70. The molecule has 2 unspecified atom stereocenters. The molecule has 6 nitrogen and oxygen atoms in total. The van der Waals surface area contributed by atoms with Gasteiger partial charge in [0, 0.05) is 24.8 Å². The van der Waals surface area contributed by atoms with E-state index >= 15 is 0 Å². The van der Waals surface area contributed by atoms with Gasteiger partial charge in [-0.1, -0.05) is 12.1 Å². The SMILES string of the molecule is CC1CN(C(=O)/C=C/c2cccc([N+](=O)[O-])c2)C(C)CO1. The molecule has 1 heterocycles. The van der Waals surface area contributed by atoms with Gasteiger partial charge in [0.1, 0.15) is 0 Å². The van der Waals surface area contributed by atoms with Crippen LogP contribution in [-0.2, 0) is 9.53 Å². The van der Waals surface area contributed by atoms with Crippen LogP contribution in [0.5, 0.6) is 0 Å². The highest BCUT2D eigenvalue weighted by Crippen LogP contribution is 2.15. The summed E-state index contributed by atoms with van der Waals surface area (Å²) < 4.78 is 5.48. The molecule has 2 atom stereocenters. The number of nitro groups is 1. The highest BCUT2D eigenvalue weighted by Gasteiger charge is 2.25. The van der Waals surface area contributed by atoms with E-state index in [9.17, 15) is 14.9 Å². The number of nitrogens with zero attached hydrogens (tertiary/aromatic N) is 2. The highest BCUT2D eigenvalue weighted by molar-refractivity contribution is 5.92. The van der Waals surface area contributed by atoms with Crippen molar-refractivity contribution < 1.29 is 14.5 Å². The summed E-state index contributed by atoms with van der Waals surface area (Å²) in [5.74, 6) is -0.107. The number of hydrogen-bond donors (Lipinski definition) is 0. The Hall–Kier alpha value is -2.21. The molecule has 1 fully saturated rings. The summed E-state index contributed by atoms with van der Waals surface area (Å²) in [6, 6.07) is 6.22. The standard InChI is InChI=1S/C15H18N2O4/c1-11-10-21-12(2)9-16(11)15(18)7-6-13-4-3-5-14(8-13)17(19)20/h3-8,11-12H,9-10H2,1-2H3/b7-6+. The predicted molar refractivity (Wildman–Crippen MR) is 78.7 cm³/mol. The molecule has 0 spiro atoms. The summed E-state index contributed by atoms with van der Waals surface area (Å²) in [4.78, 5) is 24.2. The van der Waals surface area contributed by atoms with Crippen LogP contribution in [0.15, 0.2) is 30.3 Å². The van der Waals surface area contributed by atoms with Crippen LogP contribution in [0.25, 0.3) is 6.08 Å². The molecule has 0 bridgehead atoms. The van der Waals surface area contributed by atoms with Gasteiger partial charge in [0.15, 0.2) is 0 Å². The van der Waals surface area contributed by atoms with Crippen LogP contribution in [0.3, 0.4) is 0 Å². The molecule has 21 heavy (non-hydrogen) atoms. The van der Waals surface area contributed by atoms with Gasteiger partial charge in [0.25, 0.3) is 5.69 Å². The average Bonchev–Trinajstić information content (AvgIpc) is 2.47. The normalized spacial score (nSPS) is 22.5. The third-order valence-electron chi connectivity index (χ3n) is 3.39. The maximum Gasteiger partial charge on any atom is 0.270 e. The fraction of sp³-hybridized carbons (Fsp3) is 0.400. The molecule has 2 rings (SSSR count). The maximum atomic E-state index is 12.2. The zero-order valence-corrected chi connectivity index (χ0v) is 12.1. The van der Waals surface area contributed by atoms with E-state index in [1.807, 2.05) is 13.8 Å². The van der Waals surface area contributed by atoms with Crippen LogP contribution in [-0.4, -0.2) is 41.0 Å². The van der Waals surface area contributed by atoms with Gasteiger partial charge in [-0.25, -0.2) is 0 Å². The van der Waals surface area contributed by atoms with Crippen molar-refractivity contribution in [3.63, 3.8) is 0 Å². The van der Waals surface area contributed by atoms with E-state index in [0.717, 1.165) is 0 Å². The highest BCUT2D eigenvalue weighted by atomic mass is 16.6. The summed E-state index contributed by atoms with van der Waals surface area (Å²) >= 11 is 0. The van der Waals surface area contributed by atoms with Crippen LogP contribution >= 0.6 is 0 Å². The molecule has 1 aliphatic rings. The molecule has 6 heteroatoms. The Bertz CT molecular complexity index is 571. The number of rotatable bonds is 3. The van der Waals surface area contributed by atoms with Crippen LogP contribution in [0.1, 0.15) is 19.4 Å². The fourth-order valence-electron chi connectivity index (χ4n) is 2.22. The summed E-state index contributed by atoms with van der Waals surface area (Å²) in [7, 11) is 0. The lowest BCUT2D eigenvalue weighted by molar-refractivity contribution is -0.384. The quantitative estimate of drug-likeness (QED) is 0.486. The first kappa shape index (κ1) is 15.2. The minimum Gasteiger partial charge on any atom is -0.375 e. The largest absolute Gasteiger partial charge is 0.375 e. The average molecular weight is 290 g/mol. The Morgan fingerprint density at radius 2 is 2.24 bits per heavy atom. The number of carbonyl (C=O) groups excluding carboxylic acids is 1. The molecule has 0 radical (unpaired) electrons. The van der Waals surface area contributed by atoms with E-state index in [1.54, 1.807) is 23.1 Å². The van der Waals surface area contributed by atoms with E-state index < -0.39 is 4.92 Å². The number of nitro benzene ring substituents is 1. The maximum absolute atomic E-state index is 12.2.